The van der Waals surface area contributed by atoms with E-state index in [4.69, 9.17) is 4.74 Å². The number of rotatable bonds is 1. The average molecular weight is 194 g/mol. The summed E-state index contributed by atoms with van der Waals surface area (Å²) >= 11 is 0. The zero-order chi connectivity index (χ0) is 10.3. The summed E-state index contributed by atoms with van der Waals surface area (Å²) in [6, 6.07) is 0. The van der Waals surface area contributed by atoms with Gasteiger partial charge in [0.15, 0.2) is 0 Å². The molecule has 0 aromatic rings. The summed E-state index contributed by atoms with van der Waals surface area (Å²) in [5, 5.41) is 0. The van der Waals surface area contributed by atoms with Crippen molar-refractivity contribution in [2.45, 2.75) is 45.1 Å². The van der Waals surface area contributed by atoms with Crippen LogP contribution in [0.1, 0.15) is 39.5 Å². The van der Waals surface area contributed by atoms with Crippen molar-refractivity contribution in [2.24, 2.45) is 11.8 Å². The van der Waals surface area contributed by atoms with Crippen molar-refractivity contribution < 1.29 is 9.53 Å². The van der Waals surface area contributed by atoms with Gasteiger partial charge in [0.2, 0.25) is 0 Å². The standard InChI is InChI=1S/C12H18O2/c1-8(2)9-4-5-12(3)10(6-9)7-11(13)14-12/h9-10H,1,4-7H2,2-3H3/t9-,10-,12-/m0/s1. The van der Waals surface area contributed by atoms with E-state index in [0.29, 0.717) is 18.3 Å². The molecular formula is C12H18O2. The van der Waals surface area contributed by atoms with Crippen LogP contribution in [0.3, 0.4) is 0 Å². The maximum atomic E-state index is 11.2. The Balaban J connectivity index is 2.11. The largest absolute Gasteiger partial charge is 0.459 e. The van der Waals surface area contributed by atoms with E-state index in [9.17, 15) is 4.79 Å². The van der Waals surface area contributed by atoms with Gasteiger partial charge in [-0.2, -0.15) is 0 Å². The molecule has 1 saturated heterocycles. The van der Waals surface area contributed by atoms with Crippen molar-refractivity contribution in [3.05, 3.63) is 12.2 Å². The third-order valence-corrected chi connectivity index (χ3v) is 3.88. The molecule has 0 N–H and O–H groups in total. The quantitative estimate of drug-likeness (QED) is 0.474. The Bertz CT molecular complexity index is 282. The molecule has 0 bridgehead atoms. The maximum Gasteiger partial charge on any atom is 0.306 e. The number of fused-ring (bicyclic) bond motifs is 1. The van der Waals surface area contributed by atoms with Gasteiger partial charge in [0.25, 0.3) is 0 Å². The van der Waals surface area contributed by atoms with E-state index in [-0.39, 0.29) is 11.6 Å². The van der Waals surface area contributed by atoms with Gasteiger partial charge in [-0.15, -0.1) is 0 Å². The second-order valence-corrected chi connectivity index (χ2v) is 5.01. The smallest absolute Gasteiger partial charge is 0.306 e. The van der Waals surface area contributed by atoms with Crippen molar-refractivity contribution in [2.75, 3.05) is 0 Å². The van der Waals surface area contributed by atoms with Crippen LogP contribution in [0.25, 0.3) is 0 Å². The Morgan fingerprint density at radius 3 is 3.00 bits per heavy atom. The molecule has 0 unspecified atom stereocenters. The molecule has 0 spiro atoms. The minimum atomic E-state index is -0.164. The fraction of sp³-hybridized carbons (Fsp3) is 0.750. The van der Waals surface area contributed by atoms with Gasteiger partial charge < -0.3 is 4.74 Å². The number of esters is 1. The van der Waals surface area contributed by atoms with Crippen LogP contribution in [0.2, 0.25) is 0 Å². The lowest BCUT2D eigenvalue weighted by Gasteiger charge is -2.38. The molecule has 0 amide bonds. The molecule has 0 radical (unpaired) electrons. The van der Waals surface area contributed by atoms with Gasteiger partial charge in [-0.05, 0) is 39.0 Å². The second-order valence-electron chi connectivity index (χ2n) is 5.01. The molecule has 2 rings (SSSR count). The summed E-state index contributed by atoms with van der Waals surface area (Å²) in [7, 11) is 0. The topological polar surface area (TPSA) is 26.3 Å². The third-order valence-electron chi connectivity index (χ3n) is 3.88. The van der Waals surface area contributed by atoms with Crippen molar-refractivity contribution in [1.29, 1.82) is 0 Å². The van der Waals surface area contributed by atoms with Crippen molar-refractivity contribution in [3.63, 3.8) is 0 Å². The van der Waals surface area contributed by atoms with Gasteiger partial charge in [-0.3, -0.25) is 4.79 Å². The molecule has 3 atom stereocenters. The van der Waals surface area contributed by atoms with Gasteiger partial charge in [0.1, 0.15) is 5.60 Å². The molecule has 1 heterocycles. The van der Waals surface area contributed by atoms with Gasteiger partial charge in [-0.25, -0.2) is 0 Å². The number of ether oxygens (including phenoxy) is 1. The molecule has 2 heteroatoms. The first-order chi connectivity index (χ1) is 6.51. The van der Waals surface area contributed by atoms with E-state index in [1.807, 2.05) is 0 Å². The van der Waals surface area contributed by atoms with Gasteiger partial charge in [0.05, 0.1) is 6.42 Å². The van der Waals surface area contributed by atoms with E-state index in [2.05, 4.69) is 20.4 Å². The van der Waals surface area contributed by atoms with Crippen molar-refractivity contribution in [1.82, 2.24) is 0 Å². The highest BCUT2D eigenvalue weighted by Crippen LogP contribution is 2.47. The van der Waals surface area contributed by atoms with E-state index in [0.717, 1.165) is 19.3 Å². The number of hydrogen-bond donors (Lipinski definition) is 0. The molecule has 14 heavy (non-hydrogen) atoms. The van der Waals surface area contributed by atoms with Crippen LogP contribution in [0.4, 0.5) is 0 Å². The highest BCUT2D eigenvalue weighted by molar-refractivity contribution is 5.73. The Kier molecular flexibility index (Phi) is 2.17. The van der Waals surface area contributed by atoms with Crippen molar-refractivity contribution in [3.8, 4) is 0 Å². The monoisotopic (exact) mass is 194 g/mol. The molecule has 1 aliphatic carbocycles. The second kappa shape index (κ2) is 3.11. The summed E-state index contributed by atoms with van der Waals surface area (Å²) in [5.74, 6) is 1.01. The van der Waals surface area contributed by atoms with Gasteiger partial charge >= 0.3 is 5.97 Å². The summed E-state index contributed by atoms with van der Waals surface area (Å²) in [6.07, 6.45) is 3.81. The maximum absolute atomic E-state index is 11.2. The molecule has 2 fully saturated rings. The predicted octanol–water partition coefficient (Wildman–Crippen LogP) is 2.68. The van der Waals surface area contributed by atoms with Gasteiger partial charge in [-0.1, -0.05) is 12.2 Å². The first-order valence-electron chi connectivity index (χ1n) is 5.38. The summed E-state index contributed by atoms with van der Waals surface area (Å²) in [5.41, 5.74) is 1.09. The molecule has 78 valence electrons. The number of hydrogen-bond acceptors (Lipinski definition) is 2. The molecule has 0 aromatic heterocycles. The normalized spacial score (nSPS) is 41.7. The predicted molar refractivity (Wildman–Crippen MR) is 54.8 cm³/mol. The number of carbonyl (C=O) groups excluding carboxylic acids is 1. The van der Waals surface area contributed by atoms with Crippen LogP contribution in [-0.2, 0) is 9.53 Å². The average Bonchev–Trinajstić information content (AvgIpc) is 2.37. The SMILES string of the molecule is C=C(C)[C@H]1CC[C@]2(C)OC(=O)C[C@@H]2C1. The number of allylic oxidation sites excluding steroid dienone is 1. The fourth-order valence-electron chi connectivity index (χ4n) is 2.76. The zero-order valence-electron chi connectivity index (χ0n) is 9.01. The first kappa shape index (κ1) is 9.75. The van der Waals surface area contributed by atoms with Crippen LogP contribution >= 0.6 is 0 Å². The molecular weight excluding hydrogens is 176 g/mol. The molecule has 1 aliphatic heterocycles. The molecule has 2 nitrogen and oxygen atoms in total. The Morgan fingerprint density at radius 2 is 2.36 bits per heavy atom. The highest BCUT2D eigenvalue weighted by atomic mass is 16.6. The van der Waals surface area contributed by atoms with Crippen molar-refractivity contribution >= 4 is 5.97 Å². The summed E-state index contributed by atoms with van der Waals surface area (Å²) < 4.78 is 5.41. The van der Waals surface area contributed by atoms with Crippen LogP contribution in [0.5, 0.6) is 0 Å². The molecule has 1 saturated carbocycles. The molecule has 2 aliphatic rings. The Morgan fingerprint density at radius 1 is 1.64 bits per heavy atom. The highest BCUT2D eigenvalue weighted by Gasteiger charge is 2.48. The van der Waals surface area contributed by atoms with E-state index in [1.54, 1.807) is 0 Å². The minimum absolute atomic E-state index is 0.0140. The third kappa shape index (κ3) is 1.47. The van der Waals surface area contributed by atoms with Crippen LogP contribution in [0, 0.1) is 11.8 Å². The Labute approximate surface area is 85.3 Å². The summed E-state index contributed by atoms with van der Waals surface area (Å²) in [4.78, 5) is 11.2. The van der Waals surface area contributed by atoms with E-state index in [1.165, 1.54) is 5.57 Å². The Hall–Kier alpha value is -0.790. The first-order valence-corrected chi connectivity index (χ1v) is 5.38. The van der Waals surface area contributed by atoms with E-state index < -0.39 is 0 Å². The minimum Gasteiger partial charge on any atom is -0.459 e. The lowest BCUT2D eigenvalue weighted by molar-refractivity contribution is -0.149. The summed E-state index contributed by atoms with van der Waals surface area (Å²) in [6.45, 7) is 8.18. The molecule has 0 aromatic carbocycles. The van der Waals surface area contributed by atoms with Crippen LogP contribution < -0.4 is 0 Å². The lowest BCUT2D eigenvalue weighted by Crippen LogP contribution is -2.37. The lowest BCUT2D eigenvalue weighted by atomic mass is 9.70. The fourth-order valence-corrected chi connectivity index (χ4v) is 2.76. The van der Waals surface area contributed by atoms with E-state index >= 15 is 0 Å². The zero-order valence-corrected chi connectivity index (χ0v) is 9.01. The van der Waals surface area contributed by atoms with Crippen LogP contribution in [0.15, 0.2) is 12.2 Å². The van der Waals surface area contributed by atoms with Gasteiger partial charge in [0, 0.05) is 5.92 Å². The number of carbonyl (C=O) groups is 1. The van der Waals surface area contributed by atoms with Crippen LogP contribution in [-0.4, -0.2) is 11.6 Å².